The molecular weight excluding hydrogens is 424 g/mol. The highest BCUT2D eigenvalue weighted by atomic mass is 32.2. The summed E-state index contributed by atoms with van der Waals surface area (Å²) in [5.74, 6) is 0.703. The number of anilines is 1. The van der Waals surface area contributed by atoms with Crippen molar-refractivity contribution in [2.75, 3.05) is 30.8 Å². The Morgan fingerprint density at radius 2 is 1.88 bits per heavy atom. The third-order valence-electron chi connectivity index (χ3n) is 5.58. The Morgan fingerprint density at radius 1 is 1.06 bits per heavy atom. The molecule has 9 nitrogen and oxygen atoms in total. The van der Waals surface area contributed by atoms with Crippen molar-refractivity contribution in [1.82, 2.24) is 35.0 Å². The molecular formula is C22H24N8OS. The lowest BCUT2D eigenvalue weighted by Gasteiger charge is -2.28. The minimum Gasteiger partial charge on any atom is -0.356 e. The number of amides is 1. The summed E-state index contributed by atoms with van der Waals surface area (Å²) in [5, 5.41) is 9.13. The smallest absolute Gasteiger partial charge is 0.271 e. The maximum absolute atomic E-state index is 12.6. The van der Waals surface area contributed by atoms with Crippen LogP contribution in [0.3, 0.4) is 0 Å². The van der Waals surface area contributed by atoms with Crippen LogP contribution in [0.15, 0.2) is 41.8 Å². The molecule has 0 spiro atoms. The minimum absolute atomic E-state index is 0.256. The van der Waals surface area contributed by atoms with Gasteiger partial charge < -0.3 is 10.2 Å². The van der Waals surface area contributed by atoms with Gasteiger partial charge in [-0.1, -0.05) is 23.9 Å². The number of aromatic nitrogens is 6. The highest BCUT2D eigenvalue weighted by Crippen LogP contribution is 2.28. The van der Waals surface area contributed by atoms with Crippen LogP contribution in [-0.4, -0.2) is 61.5 Å². The van der Waals surface area contributed by atoms with Gasteiger partial charge in [-0.3, -0.25) is 9.78 Å². The molecule has 1 amide bonds. The van der Waals surface area contributed by atoms with Gasteiger partial charge in [0.25, 0.3) is 5.91 Å². The molecule has 0 atom stereocenters. The largest absolute Gasteiger partial charge is 0.356 e. The second-order valence-corrected chi connectivity index (χ2v) is 8.46. The number of carbonyl (C=O) groups excluding carboxylic acids is 1. The summed E-state index contributed by atoms with van der Waals surface area (Å²) in [5.41, 5.74) is 2.56. The predicted molar refractivity (Wildman–Crippen MR) is 125 cm³/mol. The van der Waals surface area contributed by atoms with Crippen LogP contribution in [0.25, 0.3) is 22.1 Å². The number of thioether (sulfide) groups is 1. The molecule has 164 valence electrons. The molecule has 1 fully saturated rings. The van der Waals surface area contributed by atoms with E-state index >= 15 is 0 Å². The van der Waals surface area contributed by atoms with Crippen molar-refractivity contribution in [3.8, 4) is 0 Å². The molecule has 0 unspecified atom stereocenters. The lowest BCUT2D eigenvalue weighted by molar-refractivity contribution is 0.0947. The molecule has 1 aliphatic rings. The summed E-state index contributed by atoms with van der Waals surface area (Å²) in [6.07, 6.45) is 8.94. The SMILES string of the molecule is CSc1nc(N2CCCCC2)c2cnn(CCNC(=O)c3cnc4ccccc4n3)c2n1. The van der Waals surface area contributed by atoms with Gasteiger partial charge in [-0.25, -0.2) is 19.6 Å². The van der Waals surface area contributed by atoms with Gasteiger partial charge >= 0.3 is 0 Å². The second-order valence-electron chi connectivity index (χ2n) is 7.69. The average Bonchev–Trinajstić information content (AvgIpc) is 3.26. The maximum Gasteiger partial charge on any atom is 0.271 e. The number of rotatable bonds is 6. The van der Waals surface area contributed by atoms with Crippen LogP contribution in [0.2, 0.25) is 0 Å². The van der Waals surface area contributed by atoms with E-state index in [2.05, 4.69) is 30.3 Å². The van der Waals surface area contributed by atoms with Crippen molar-refractivity contribution in [2.45, 2.75) is 31.0 Å². The highest BCUT2D eigenvalue weighted by Gasteiger charge is 2.19. The fourth-order valence-corrected chi connectivity index (χ4v) is 4.31. The van der Waals surface area contributed by atoms with Crippen LogP contribution < -0.4 is 10.2 Å². The third kappa shape index (κ3) is 4.10. The van der Waals surface area contributed by atoms with E-state index < -0.39 is 0 Å². The molecule has 4 aromatic rings. The van der Waals surface area contributed by atoms with E-state index in [0.717, 1.165) is 40.6 Å². The van der Waals surface area contributed by atoms with Gasteiger partial charge in [0, 0.05) is 19.6 Å². The molecule has 1 saturated heterocycles. The van der Waals surface area contributed by atoms with Gasteiger partial charge in [-0.05, 0) is 37.7 Å². The Labute approximate surface area is 189 Å². The summed E-state index contributed by atoms with van der Waals surface area (Å²) < 4.78 is 1.83. The third-order valence-corrected chi connectivity index (χ3v) is 6.13. The molecule has 5 rings (SSSR count). The number of benzene rings is 1. The Morgan fingerprint density at radius 3 is 2.69 bits per heavy atom. The Balaban J connectivity index is 1.32. The number of nitrogens with one attached hydrogen (secondary N) is 1. The van der Waals surface area contributed by atoms with Crippen molar-refractivity contribution in [3.05, 3.63) is 42.4 Å². The van der Waals surface area contributed by atoms with Crippen molar-refractivity contribution in [2.24, 2.45) is 0 Å². The van der Waals surface area contributed by atoms with Gasteiger partial charge in [0.2, 0.25) is 0 Å². The van der Waals surface area contributed by atoms with Crippen LogP contribution in [0, 0.1) is 0 Å². The van der Waals surface area contributed by atoms with Gasteiger partial charge in [0.15, 0.2) is 10.8 Å². The van der Waals surface area contributed by atoms with Crippen LogP contribution >= 0.6 is 11.8 Å². The van der Waals surface area contributed by atoms with Crippen molar-refractivity contribution >= 4 is 45.6 Å². The minimum atomic E-state index is -0.256. The van der Waals surface area contributed by atoms with Crippen molar-refractivity contribution < 1.29 is 4.79 Å². The molecule has 3 aromatic heterocycles. The molecule has 0 aliphatic carbocycles. The zero-order chi connectivity index (χ0) is 21.9. The molecule has 32 heavy (non-hydrogen) atoms. The number of nitrogens with zero attached hydrogens (tertiary/aromatic N) is 7. The fraction of sp³-hybridized carbons (Fsp3) is 0.364. The molecule has 0 radical (unpaired) electrons. The first kappa shape index (κ1) is 20.6. The number of para-hydroxylation sites is 2. The molecule has 1 aliphatic heterocycles. The van der Waals surface area contributed by atoms with Gasteiger partial charge in [-0.2, -0.15) is 5.10 Å². The van der Waals surface area contributed by atoms with E-state index in [9.17, 15) is 4.79 Å². The fourth-order valence-electron chi connectivity index (χ4n) is 3.96. The maximum atomic E-state index is 12.6. The molecule has 0 bridgehead atoms. The predicted octanol–water partition coefficient (Wildman–Crippen LogP) is 2.91. The number of hydrogen-bond acceptors (Lipinski definition) is 8. The Hall–Kier alpha value is -3.27. The Kier molecular flexibility index (Phi) is 5.85. The lowest BCUT2D eigenvalue weighted by Crippen LogP contribution is -2.30. The molecule has 1 aromatic carbocycles. The van der Waals surface area contributed by atoms with Gasteiger partial charge in [0.1, 0.15) is 11.5 Å². The molecule has 4 heterocycles. The van der Waals surface area contributed by atoms with Crippen molar-refractivity contribution in [3.63, 3.8) is 0 Å². The van der Waals surface area contributed by atoms with Crippen LogP contribution in [0.5, 0.6) is 0 Å². The standard InChI is InChI=1S/C22H24N8OS/c1-32-22-27-19(29-10-5-2-6-11-29)15-13-25-30(20(15)28-22)12-9-23-21(31)18-14-24-16-7-3-4-8-17(16)26-18/h3-4,7-8,13-14H,2,5-6,9-12H2,1H3,(H,23,31). The monoisotopic (exact) mass is 448 g/mol. The first-order valence-electron chi connectivity index (χ1n) is 10.8. The van der Waals surface area contributed by atoms with E-state index in [1.165, 1.54) is 37.2 Å². The van der Waals surface area contributed by atoms with E-state index in [1.807, 2.05) is 41.4 Å². The first-order valence-corrected chi connectivity index (χ1v) is 12.0. The van der Waals surface area contributed by atoms with E-state index in [1.54, 1.807) is 0 Å². The van der Waals surface area contributed by atoms with Gasteiger partial charge in [0.05, 0.1) is 35.4 Å². The Bertz CT molecular complexity index is 1270. The number of carbonyl (C=O) groups is 1. The zero-order valence-electron chi connectivity index (χ0n) is 17.9. The molecule has 1 N–H and O–H groups in total. The van der Waals surface area contributed by atoms with Gasteiger partial charge in [-0.15, -0.1) is 0 Å². The summed E-state index contributed by atoms with van der Waals surface area (Å²) in [7, 11) is 0. The lowest BCUT2D eigenvalue weighted by atomic mass is 10.1. The van der Waals surface area contributed by atoms with Crippen LogP contribution in [-0.2, 0) is 6.54 Å². The van der Waals surface area contributed by atoms with Crippen molar-refractivity contribution in [1.29, 1.82) is 0 Å². The second kappa shape index (κ2) is 9.07. The summed E-state index contributed by atoms with van der Waals surface area (Å²) in [4.78, 5) is 33.1. The topological polar surface area (TPSA) is 102 Å². The summed E-state index contributed by atoms with van der Waals surface area (Å²) in [6, 6.07) is 7.49. The quantitative estimate of drug-likeness (QED) is 0.355. The first-order chi connectivity index (χ1) is 15.7. The van der Waals surface area contributed by atoms with E-state index in [4.69, 9.17) is 4.98 Å². The van der Waals surface area contributed by atoms with E-state index in [0.29, 0.717) is 24.3 Å². The number of hydrogen-bond donors (Lipinski definition) is 1. The normalized spacial score (nSPS) is 14.2. The zero-order valence-corrected chi connectivity index (χ0v) is 18.7. The van der Waals surface area contributed by atoms with Crippen LogP contribution in [0.1, 0.15) is 29.8 Å². The summed E-state index contributed by atoms with van der Waals surface area (Å²) >= 11 is 1.53. The van der Waals surface area contributed by atoms with E-state index in [-0.39, 0.29) is 5.91 Å². The van der Waals surface area contributed by atoms with Crippen LogP contribution in [0.4, 0.5) is 5.82 Å². The number of fused-ring (bicyclic) bond motifs is 2. The molecule has 0 saturated carbocycles. The molecule has 10 heteroatoms. The highest BCUT2D eigenvalue weighted by molar-refractivity contribution is 7.98. The number of piperidine rings is 1. The summed E-state index contributed by atoms with van der Waals surface area (Å²) in [6.45, 7) is 2.92. The average molecular weight is 449 g/mol.